The maximum absolute atomic E-state index is 13.3. The molecule has 1 aliphatic rings. The van der Waals surface area contributed by atoms with Gasteiger partial charge in [0.05, 0.1) is 26.8 Å². The number of ether oxygens (including phenoxy) is 2. The topological polar surface area (TPSA) is 112 Å². The van der Waals surface area contributed by atoms with Crippen LogP contribution in [-0.2, 0) is 19.1 Å². The van der Waals surface area contributed by atoms with Gasteiger partial charge in [0.15, 0.2) is 11.5 Å². The van der Waals surface area contributed by atoms with Crippen molar-refractivity contribution in [3.8, 4) is 23.0 Å². The number of methoxy groups -OCH3 is 2. The van der Waals surface area contributed by atoms with Crippen LogP contribution in [0.4, 0.5) is 13.2 Å². The molecule has 1 atom stereocenters. The molecule has 1 amide bonds. The van der Waals surface area contributed by atoms with E-state index in [-0.39, 0.29) is 41.2 Å². The van der Waals surface area contributed by atoms with Gasteiger partial charge in [-0.1, -0.05) is 6.07 Å². The van der Waals surface area contributed by atoms with Crippen LogP contribution in [0.1, 0.15) is 52.0 Å². The SMILES string of the molecule is COc1ccc2c(c1)[C@H](NC(=O)c1nc(-c3ccc(OC)c4nc(C(F)(F)F)ccc34)oc1CN)CCC2. The Morgan fingerprint density at radius 3 is 2.66 bits per heavy atom. The Balaban J connectivity index is 1.51. The number of nitrogens with two attached hydrogens (primary N) is 1. The second kappa shape index (κ2) is 9.97. The Kier molecular flexibility index (Phi) is 6.70. The summed E-state index contributed by atoms with van der Waals surface area (Å²) in [6.07, 6.45) is -2.08. The zero-order valence-corrected chi connectivity index (χ0v) is 20.7. The molecule has 0 spiro atoms. The highest BCUT2D eigenvalue weighted by Gasteiger charge is 2.33. The first kappa shape index (κ1) is 25.5. The van der Waals surface area contributed by atoms with E-state index in [1.165, 1.54) is 19.2 Å². The molecule has 1 aliphatic carbocycles. The molecule has 0 radical (unpaired) electrons. The molecular formula is C27H25F3N4O4. The van der Waals surface area contributed by atoms with E-state index in [2.05, 4.69) is 15.3 Å². The number of halogens is 3. The van der Waals surface area contributed by atoms with Gasteiger partial charge in [0.1, 0.15) is 22.7 Å². The number of pyridine rings is 1. The molecule has 2 aromatic heterocycles. The highest BCUT2D eigenvalue weighted by Crippen LogP contribution is 2.37. The molecule has 198 valence electrons. The van der Waals surface area contributed by atoms with Crippen LogP contribution < -0.4 is 20.5 Å². The number of nitrogens with one attached hydrogen (secondary N) is 1. The van der Waals surface area contributed by atoms with E-state index in [0.717, 1.165) is 36.5 Å². The van der Waals surface area contributed by atoms with Gasteiger partial charge in [0.2, 0.25) is 5.89 Å². The first-order valence-electron chi connectivity index (χ1n) is 12.0. The molecule has 11 heteroatoms. The van der Waals surface area contributed by atoms with Crippen molar-refractivity contribution in [2.75, 3.05) is 14.2 Å². The molecule has 0 saturated heterocycles. The number of fused-ring (bicyclic) bond motifs is 2. The Hall–Kier alpha value is -4.12. The molecule has 3 N–H and O–H groups in total. The average molecular weight is 527 g/mol. The Labute approximate surface area is 216 Å². The molecule has 2 aromatic carbocycles. The quantitative estimate of drug-likeness (QED) is 0.356. The van der Waals surface area contributed by atoms with Crippen molar-refractivity contribution in [3.63, 3.8) is 0 Å². The van der Waals surface area contributed by atoms with Gasteiger partial charge in [-0.05, 0) is 66.8 Å². The molecule has 38 heavy (non-hydrogen) atoms. The lowest BCUT2D eigenvalue weighted by Gasteiger charge is -2.26. The summed E-state index contributed by atoms with van der Waals surface area (Å²) in [6, 6.07) is 10.8. The van der Waals surface area contributed by atoms with Crippen LogP contribution in [0.2, 0.25) is 0 Å². The Morgan fingerprint density at radius 2 is 1.95 bits per heavy atom. The van der Waals surface area contributed by atoms with Crippen LogP contribution in [-0.4, -0.2) is 30.1 Å². The average Bonchev–Trinajstić information content (AvgIpc) is 3.36. The standard InChI is InChI=1S/C27H25F3N4O4/c1-36-15-7-6-14-4-3-5-19(18(14)12-15)32-25(35)24-21(13-31)38-26(34-24)17-8-10-20(37-2)23-16(17)9-11-22(33-23)27(28,29)30/h6-12,19H,3-5,13,31H2,1-2H3,(H,32,35)/t19-/m1/s1. The van der Waals surface area contributed by atoms with Gasteiger partial charge in [-0.2, -0.15) is 13.2 Å². The number of aryl methyl sites for hydroxylation is 1. The number of nitrogens with zero attached hydrogens (tertiary/aromatic N) is 2. The van der Waals surface area contributed by atoms with Crippen molar-refractivity contribution in [2.24, 2.45) is 5.73 Å². The smallest absolute Gasteiger partial charge is 0.433 e. The Morgan fingerprint density at radius 1 is 1.13 bits per heavy atom. The van der Waals surface area contributed by atoms with E-state index < -0.39 is 17.8 Å². The van der Waals surface area contributed by atoms with Crippen molar-refractivity contribution in [3.05, 3.63) is 70.7 Å². The third-order valence-electron chi connectivity index (χ3n) is 6.63. The van der Waals surface area contributed by atoms with E-state index >= 15 is 0 Å². The lowest BCUT2D eigenvalue weighted by atomic mass is 9.87. The summed E-state index contributed by atoms with van der Waals surface area (Å²) in [5.41, 5.74) is 7.29. The molecule has 0 bridgehead atoms. The number of alkyl halides is 3. The van der Waals surface area contributed by atoms with E-state index in [1.807, 2.05) is 18.2 Å². The molecule has 4 aromatic rings. The molecule has 8 nitrogen and oxygen atoms in total. The van der Waals surface area contributed by atoms with E-state index in [9.17, 15) is 18.0 Å². The van der Waals surface area contributed by atoms with Crippen LogP contribution in [0.25, 0.3) is 22.4 Å². The number of carbonyl (C=O) groups excluding carboxylic acids is 1. The summed E-state index contributed by atoms with van der Waals surface area (Å²) in [5, 5.41) is 3.35. The molecule has 0 saturated carbocycles. The zero-order chi connectivity index (χ0) is 27.0. The van der Waals surface area contributed by atoms with Crippen molar-refractivity contribution in [1.82, 2.24) is 15.3 Å². The second-order valence-corrected chi connectivity index (χ2v) is 8.88. The summed E-state index contributed by atoms with van der Waals surface area (Å²) in [5.74, 6) is 0.588. The van der Waals surface area contributed by atoms with Gasteiger partial charge in [-0.15, -0.1) is 0 Å². The fourth-order valence-electron chi connectivity index (χ4n) is 4.76. The van der Waals surface area contributed by atoms with Crippen LogP contribution in [0.5, 0.6) is 11.5 Å². The summed E-state index contributed by atoms with van der Waals surface area (Å²) < 4.78 is 56.3. The van der Waals surface area contributed by atoms with Gasteiger partial charge in [0, 0.05) is 10.9 Å². The molecular weight excluding hydrogens is 501 g/mol. The number of benzene rings is 2. The minimum Gasteiger partial charge on any atom is -0.497 e. The van der Waals surface area contributed by atoms with Gasteiger partial charge >= 0.3 is 6.18 Å². The number of oxazole rings is 1. The first-order chi connectivity index (χ1) is 18.2. The monoisotopic (exact) mass is 526 g/mol. The van der Waals surface area contributed by atoms with E-state index in [1.54, 1.807) is 13.2 Å². The number of hydrogen-bond acceptors (Lipinski definition) is 7. The van der Waals surface area contributed by atoms with Crippen LogP contribution >= 0.6 is 0 Å². The van der Waals surface area contributed by atoms with Crippen LogP contribution in [0, 0.1) is 0 Å². The lowest BCUT2D eigenvalue weighted by molar-refractivity contribution is -0.140. The predicted molar refractivity (Wildman–Crippen MR) is 133 cm³/mol. The lowest BCUT2D eigenvalue weighted by Crippen LogP contribution is -2.32. The molecule has 2 heterocycles. The summed E-state index contributed by atoms with van der Waals surface area (Å²) in [6.45, 7) is -0.102. The zero-order valence-electron chi connectivity index (χ0n) is 20.7. The fraction of sp³-hybridized carbons (Fsp3) is 0.296. The third kappa shape index (κ3) is 4.65. The number of hydrogen-bond donors (Lipinski definition) is 2. The normalized spacial score (nSPS) is 15.3. The molecule has 0 unspecified atom stereocenters. The minimum atomic E-state index is -4.63. The van der Waals surface area contributed by atoms with Crippen LogP contribution in [0.3, 0.4) is 0 Å². The van der Waals surface area contributed by atoms with Gasteiger partial charge in [0.25, 0.3) is 5.91 Å². The maximum Gasteiger partial charge on any atom is 0.433 e. The van der Waals surface area contributed by atoms with Gasteiger partial charge in [-0.25, -0.2) is 9.97 Å². The Bertz CT molecular complexity index is 1520. The van der Waals surface area contributed by atoms with Crippen molar-refractivity contribution >= 4 is 16.8 Å². The second-order valence-electron chi connectivity index (χ2n) is 8.88. The fourth-order valence-corrected chi connectivity index (χ4v) is 4.76. The minimum absolute atomic E-state index is 0.00825. The van der Waals surface area contributed by atoms with Crippen LogP contribution in [0.15, 0.2) is 46.9 Å². The van der Waals surface area contributed by atoms with Crippen molar-refractivity contribution in [1.29, 1.82) is 0 Å². The largest absolute Gasteiger partial charge is 0.497 e. The number of aromatic nitrogens is 2. The summed E-state index contributed by atoms with van der Waals surface area (Å²) in [7, 11) is 2.93. The molecule has 0 aliphatic heterocycles. The molecule has 5 rings (SSSR count). The highest BCUT2D eigenvalue weighted by atomic mass is 19.4. The summed E-state index contributed by atoms with van der Waals surface area (Å²) >= 11 is 0. The van der Waals surface area contributed by atoms with Crippen molar-refractivity contribution in [2.45, 2.75) is 38.0 Å². The number of amides is 1. The highest BCUT2D eigenvalue weighted by molar-refractivity contribution is 5.98. The molecule has 0 fully saturated rings. The summed E-state index contributed by atoms with van der Waals surface area (Å²) in [4.78, 5) is 21.5. The third-order valence-corrected chi connectivity index (χ3v) is 6.63. The number of rotatable bonds is 6. The first-order valence-corrected chi connectivity index (χ1v) is 12.0. The van der Waals surface area contributed by atoms with Gasteiger partial charge < -0.3 is 24.9 Å². The predicted octanol–water partition coefficient (Wildman–Crippen LogP) is 5.19. The van der Waals surface area contributed by atoms with E-state index in [0.29, 0.717) is 16.7 Å². The maximum atomic E-state index is 13.3. The van der Waals surface area contributed by atoms with Crippen molar-refractivity contribution < 1.29 is 31.9 Å². The van der Waals surface area contributed by atoms with E-state index in [4.69, 9.17) is 19.6 Å². The number of carbonyl (C=O) groups is 1. The van der Waals surface area contributed by atoms with Gasteiger partial charge in [-0.3, -0.25) is 4.79 Å².